The Bertz CT molecular complexity index is 1280. The zero-order chi connectivity index (χ0) is 21.8. The predicted molar refractivity (Wildman–Crippen MR) is 129 cm³/mol. The molecule has 0 atom stereocenters. The van der Waals surface area contributed by atoms with Gasteiger partial charge in [0.15, 0.2) is 5.78 Å². The zero-order valence-electron chi connectivity index (χ0n) is 17.2. The van der Waals surface area contributed by atoms with Crippen LogP contribution in [0, 0.1) is 0 Å². The van der Waals surface area contributed by atoms with Gasteiger partial charge in [-0.25, -0.2) is 0 Å². The van der Waals surface area contributed by atoms with Crippen LogP contribution in [-0.4, -0.2) is 24.1 Å². The number of allylic oxidation sites excluding steroid dienone is 1. The molecule has 3 aromatic carbocycles. The molecule has 0 saturated carbocycles. The summed E-state index contributed by atoms with van der Waals surface area (Å²) >= 11 is 6.02. The van der Waals surface area contributed by atoms with Crippen LogP contribution in [0.5, 0.6) is 0 Å². The molecule has 1 N–H and O–H groups in total. The van der Waals surface area contributed by atoms with E-state index in [9.17, 15) is 4.79 Å². The summed E-state index contributed by atoms with van der Waals surface area (Å²) in [5.74, 6) is -0.0518. The molecular weight excluding hydrogens is 406 g/mol. The van der Waals surface area contributed by atoms with Gasteiger partial charge in [-0.1, -0.05) is 54.1 Å². The first-order valence-corrected chi connectivity index (χ1v) is 10.3. The molecule has 0 bridgehead atoms. The van der Waals surface area contributed by atoms with Gasteiger partial charge in [0.2, 0.25) is 0 Å². The largest absolute Gasteiger partial charge is 0.392 e. The molecule has 31 heavy (non-hydrogen) atoms. The monoisotopic (exact) mass is 427 g/mol. The lowest BCUT2D eigenvalue weighted by molar-refractivity contribution is 0.103. The van der Waals surface area contributed by atoms with E-state index in [0.717, 1.165) is 27.6 Å². The van der Waals surface area contributed by atoms with Crippen molar-refractivity contribution in [1.82, 2.24) is 9.88 Å². The Hall–Kier alpha value is -3.63. The van der Waals surface area contributed by atoms with Gasteiger partial charge in [0.05, 0.1) is 12.2 Å². The number of aromatic nitrogens is 1. The fourth-order valence-corrected chi connectivity index (χ4v) is 3.83. The van der Waals surface area contributed by atoms with E-state index in [4.69, 9.17) is 11.6 Å². The van der Waals surface area contributed by atoms with Crippen molar-refractivity contribution >= 4 is 34.9 Å². The SMILES string of the molecule is C=N/C(=C\NC)Cn1cc(C(=O)c2ccc(Cl)cc2)c(-c2cccc3ccccc23)c1. The molecule has 0 aliphatic carbocycles. The molecule has 0 amide bonds. The standard InChI is InChI=1S/C26H22ClN3O/c1-28-14-21(29-2)15-30-16-24(23-9-5-7-18-6-3-4-8-22(18)23)25(17-30)26(31)19-10-12-20(27)13-11-19/h3-14,16-17,28H,2,15H2,1H3/b21-14-. The van der Waals surface area contributed by atoms with E-state index in [0.29, 0.717) is 22.7 Å². The Morgan fingerprint density at radius 3 is 2.52 bits per heavy atom. The fraction of sp³-hybridized carbons (Fsp3) is 0.0769. The molecule has 4 rings (SSSR count). The van der Waals surface area contributed by atoms with Crippen molar-refractivity contribution in [2.45, 2.75) is 6.54 Å². The number of fused-ring (bicyclic) bond motifs is 1. The van der Waals surface area contributed by atoms with Crippen LogP contribution in [0.4, 0.5) is 0 Å². The molecule has 4 nitrogen and oxygen atoms in total. The van der Waals surface area contributed by atoms with E-state index >= 15 is 0 Å². The van der Waals surface area contributed by atoms with Crippen molar-refractivity contribution < 1.29 is 4.79 Å². The van der Waals surface area contributed by atoms with Gasteiger partial charge in [-0.3, -0.25) is 9.79 Å². The van der Waals surface area contributed by atoms with Crippen molar-refractivity contribution in [1.29, 1.82) is 0 Å². The highest BCUT2D eigenvalue weighted by atomic mass is 35.5. The molecule has 0 radical (unpaired) electrons. The molecule has 0 spiro atoms. The number of rotatable bonds is 7. The molecular formula is C26H22ClN3O. The topological polar surface area (TPSA) is 46.4 Å². The van der Waals surface area contributed by atoms with Crippen LogP contribution < -0.4 is 5.32 Å². The summed E-state index contributed by atoms with van der Waals surface area (Å²) in [4.78, 5) is 17.5. The Kier molecular flexibility index (Phi) is 6.01. The van der Waals surface area contributed by atoms with Crippen LogP contribution in [0.3, 0.4) is 0 Å². The second kappa shape index (κ2) is 9.02. The Labute approximate surface area is 186 Å². The van der Waals surface area contributed by atoms with Gasteiger partial charge in [0.1, 0.15) is 0 Å². The average Bonchev–Trinajstić information content (AvgIpc) is 3.22. The minimum Gasteiger partial charge on any atom is -0.392 e. The van der Waals surface area contributed by atoms with Gasteiger partial charge in [-0.05, 0) is 47.3 Å². The summed E-state index contributed by atoms with van der Waals surface area (Å²) in [6.07, 6.45) is 5.67. The van der Waals surface area contributed by atoms with E-state index in [-0.39, 0.29) is 5.78 Å². The van der Waals surface area contributed by atoms with Gasteiger partial charge in [-0.15, -0.1) is 0 Å². The first-order chi connectivity index (χ1) is 15.1. The van der Waals surface area contributed by atoms with Crippen LogP contribution in [0.15, 0.2) is 96.0 Å². The third kappa shape index (κ3) is 4.30. The lowest BCUT2D eigenvalue weighted by Gasteiger charge is -2.08. The first kappa shape index (κ1) is 20.6. The molecule has 154 valence electrons. The minimum absolute atomic E-state index is 0.0518. The van der Waals surface area contributed by atoms with E-state index in [2.05, 4.69) is 41.3 Å². The quantitative estimate of drug-likeness (QED) is 0.292. The van der Waals surface area contributed by atoms with Crippen molar-refractivity contribution in [2.24, 2.45) is 4.99 Å². The average molecular weight is 428 g/mol. The number of benzene rings is 3. The number of nitrogens with zero attached hydrogens (tertiary/aromatic N) is 2. The summed E-state index contributed by atoms with van der Waals surface area (Å²) in [5, 5.41) is 5.80. The number of ketones is 1. The van der Waals surface area contributed by atoms with Gasteiger partial charge in [0, 0.05) is 47.4 Å². The number of aliphatic imine (C=N–C) groups is 1. The summed E-state index contributed by atoms with van der Waals surface area (Å²) in [5.41, 5.74) is 3.89. The molecule has 4 aromatic rings. The highest BCUT2D eigenvalue weighted by Crippen LogP contribution is 2.33. The van der Waals surface area contributed by atoms with Crippen LogP contribution in [-0.2, 0) is 6.54 Å². The molecule has 0 unspecified atom stereocenters. The van der Waals surface area contributed by atoms with Crippen molar-refractivity contribution in [3.05, 3.63) is 107 Å². The Morgan fingerprint density at radius 1 is 1.03 bits per heavy atom. The van der Waals surface area contributed by atoms with Crippen LogP contribution >= 0.6 is 11.6 Å². The maximum atomic E-state index is 13.5. The lowest BCUT2D eigenvalue weighted by atomic mass is 9.94. The fourth-order valence-electron chi connectivity index (χ4n) is 3.71. The van der Waals surface area contributed by atoms with E-state index in [1.807, 2.05) is 42.2 Å². The predicted octanol–water partition coefficient (Wildman–Crippen LogP) is 5.95. The van der Waals surface area contributed by atoms with Gasteiger partial charge >= 0.3 is 0 Å². The number of hydrogen-bond donors (Lipinski definition) is 1. The summed E-state index contributed by atoms with van der Waals surface area (Å²) in [6, 6.07) is 21.3. The number of hydrogen-bond acceptors (Lipinski definition) is 3. The van der Waals surface area contributed by atoms with Crippen molar-refractivity contribution in [2.75, 3.05) is 7.05 Å². The highest BCUT2D eigenvalue weighted by Gasteiger charge is 2.19. The Balaban J connectivity index is 1.88. The second-order valence-corrected chi connectivity index (χ2v) is 7.64. The zero-order valence-corrected chi connectivity index (χ0v) is 17.9. The van der Waals surface area contributed by atoms with Crippen LogP contribution in [0.2, 0.25) is 5.02 Å². The van der Waals surface area contributed by atoms with Gasteiger partial charge < -0.3 is 9.88 Å². The van der Waals surface area contributed by atoms with Gasteiger partial charge in [0.25, 0.3) is 0 Å². The molecule has 5 heteroatoms. The van der Waals surface area contributed by atoms with Crippen molar-refractivity contribution in [3.8, 4) is 11.1 Å². The normalized spacial score (nSPS) is 11.5. The summed E-state index contributed by atoms with van der Waals surface area (Å²) in [6.45, 7) is 4.14. The number of nitrogens with one attached hydrogen (secondary N) is 1. The van der Waals surface area contributed by atoms with Crippen molar-refractivity contribution in [3.63, 3.8) is 0 Å². The van der Waals surface area contributed by atoms with Crippen LogP contribution in [0.1, 0.15) is 15.9 Å². The number of halogens is 1. The Morgan fingerprint density at radius 2 is 1.77 bits per heavy atom. The third-order valence-corrected chi connectivity index (χ3v) is 5.42. The van der Waals surface area contributed by atoms with Gasteiger partial charge in [-0.2, -0.15) is 0 Å². The third-order valence-electron chi connectivity index (χ3n) is 5.17. The second-order valence-electron chi connectivity index (χ2n) is 7.20. The molecule has 1 aromatic heterocycles. The highest BCUT2D eigenvalue weighted by molar-refractivity contribution is 6.30. The van der Waals surface area contributed by atoms with Crippen LogP contribution in [0.25, 0.3) is 21.9 Å². The summed E-state index contributed by atoms with van der Waals surface area (Å²) in [7, 11) is 1.82. The number of carbonyl (C=O) groups excluding carboxylic acids is 1. The molecule has 0 aliphatic heterocycles. The van der Waals surface area contributed by atoms with E-state index in [1.54, 1.807) is 30.5 Å². The molecule has 1 heterocycles. The first-order valence-electron chi connectivity index (χ1n) is 9.92. The maximum absolute atomic E-state index is 13.5. The van der Waals surface area contributed by atoms with E-state index < -0.39 is 0 Å². The molecule has 0 saturated heterocycles. The lowest BCUT2D eigenvalue weighted by Crippen LogP contribution is -2.03. The maximum Gasteiger partial charge on any atom is 0.195 e. The smallest absolute Gasteiger partial charge is 0.195 e. The summed E-state index contributed by atoms with van der Waals surface area (Å²) < 4.78 is 1.97. The molecule has 0 fully saturated rings. The minimum atomic E-state index is -0.0518. The number of carbonyl (C=O) groups is 1. The molecule has 0 aliphatic rings. The van der Waals surface area contributed by atoms with E-state index in [1.165, 1.54) is 0 Å².